The van der Waals surface area contributed by atoms with Crippen LogP contribution in [-0.2, 0) is 0 Å². The molecule has 0 saturated carbocycles. The highest BCUT2D eigenvalue weighted by Crippen LogP contribution is 2.16. The number of rotatable bonds is 6. The lowest BCUT2D eigenvalue weighted by Gasteiger charge is -2.14. The van der Waals surface area contributed by atoms with Crippen LogP contribution in [0.4, 0.5) is 0 Å². The molecule has 0 aliphatic rings. The monoisotopic (exact) mass is 286 g/mol. The van der Waals surface area contributed by atoms with Crippen molar-refractivity contribution in [3.63, 3.8) is 0 Å². The van der Waals surface area contributed by atoms with Gasteiger partial charge >= 0.3 is 0 Å². The quantitative estimate of drug-likeness (QED) is 0.810. The Labute approximate surface area is 106 Å². The van der Waals surface area contributed by atoms with Crippen molar-refractivity contribution >= 4 is 15.9 Å². The van der Waals surface area contributed by atoms with E-state index < -0.39 is 0 Å². The van der Waals surface area contributed by atoms with Gasteiger partial charge in [0, 0.05) is 4.47 Å². The van der Waals surface area contributed by atoms with Crippen LogP contribution in [0.3, 0.4) is 0 Å². The molecule has 1 rings (SSSR count). The number of aliphatic hydroxyl groups excluding tert-OH is 1. The van der Waals surface area contributed by atoms with Crippen molar-refractivity contribution in [3.05, 3.63) is 28.7 Å². The maximum Gasteiger partial charge on any atom is 0.119 e. The van der Waals surface area contributed by atoms with Crippen LogP contribution in [0.1, 0.15) is 26.7 Å². The molecule has 3 heteroatoms. The number of benzene rings is 1. The van der Waals surface area contributed by atoms with Crippen LogP contribution in [0.15, 0.2) is 28.7 Å². The summed E-state index contributed by atoms with van der Waals surface area (Å²) in [6.07, 6.45) is 1.47. The Kier molecular flexibility index (Phi) is 5.85. The van der Waals surface area contributed by atoms with Gasteiger partial charge < -0.3 is 9.84 Å². The van der Waals surface area contributed by atoms with E-state index in [9.17, 15) is 5.11 Å². The zero-order valence-electron chi connectivity index (χ0n) is 9.82. The fourth-order valence-electron chi connectivity index (χ4n) is 1.35. The largest absolute Gasteiger partial charge is 0.494 e. The molecule has 0 amide bonds. The van der Waals surface area contributed by atoms with Gasteiger partial charge in [0.2, 0.25) is 0 Å². The Balaban J connectivity index is 2.18. The predicted octanol–water partition coefficient (Wildman–Crippen LogP) is 3.63. The van der Waals surface area contributed by atoms with Crippen molar-refractivity contribution in [3.8, 4) is 5.75 Å². The van der Waals surface area contributed by atoms with Gasteiger partial charge in [-0.2, -0.15) is 0 Å². The van der Waals surface area contributed by atoms with E-state index in [0.29, 0.717) is 12.5 Å². The first kappa shape index (κ1) is 13.5. The fourth-order valence-corrected chi connectivity index (χ4v) is 1.61. The van der Waals surface area contributed by atoms with E-state index >= 15 is 0 Å². The number of hydrogen-bond acceptors (Lipinski definition) is 2. The second kappa shape index (κ2) is 6.92. The Morgan fingerprint density at radius 2 is 1.88 bits per heavy atom. The van der Waals surface area contributed by atoms with E-state index in [1.165, 1.54) is 0 Å². The SMILES string of the molecule is CC(C)C(O)CCCOc1ccc(Br)cc1. The highest BCUT2D eigenvalue weighted by atomic mass is 79.9. The maximum absolute atomic E-state index is 9.60. The van der Waals surface area contributed by atoms with Crippen molar-refractivity contribution < 1.29 is 9.84 Å². The summed E-state index contributed by atoms with van der Waals surface area (Å²) in [5.74, 6) is 1.20. The second-order valence-electron chi connectivity index (χ2n) is 4.26. The van der Waals surface area contributed by atoms with Crippen molar-refractivity contribution in [1.82, 2.24) is 0 Å². The van der Waals surface area contributed by atoms with Crippen LogP contribution in [0, 0.1) is 5.92 Å². The Hall–Kier alpha value is -0.540. The number of aliphatic hydroxyl groups is 1. The molecule has 2 nitrogen and oxygen atoms in total. The molecule has 0 aromatic heterocycles. The average Bonchev–Trinajstić information content (AvgIpc) is 2.26. The smallest absolute Gasteiger partial charge is 0.119 e. The minimum absolute atomic E-state index is 0.214. The van der Waals surface area contributed by atoms with Crippen LogP contribution in [0.2, 0.25) is 0 Å². The molecule has 0 spiro atoms. The van der Waals surface area contributed by atoms with Gasteiger partial charge in [0.25, 0.3) is 0 Å². The lowest BCUT2D eigenvalue weighted by atomic mass is 10.0. The van der Waals surface area contributed by atoms with Gasteiger partial charge in [-0.05, 0) is 43.0 Å². The summed E-state index contributed by atoms with van der Waals surface area (Å²) in [6.45, 7) is 4.71. The summed E-state index contributed by atoms with van der Waals surface area (Å²) in [5.41, 5.74) is 0. The summed E-state index contributed by atoms with van der Waals surface area (Å²) >= 11 is 3.37. The summed E-state index contributed by atoms with van der Waals surface area (Å²) in [5, 5.41) is 9.60. The minimum Gasteiger partial charge on any atom is -0.494 e. The number of hydrogen-bond donors (Lipinski definition) is 1. The minimum atomic E-state index is -0.214. The van der Waals surface area contributed by atoms with Gasteiger partial charge in [-0.15, -0.1) is 0 Å². The Morgan fingerprint density at radius 1 is 1.25 bits per heavy atom. The first-order chi connectivity index (χ1) is 7.59. The van der Waals surface area contributed by atoms with Crippen LogP contribution in [0.5, 0.6) is 5.75 Å². The molecular weight excluding hydrogens is 268 g/mol. The first-order valence-electron chi connectivity index (χ1n) is 5.66. The van der Waals surface area contributed by atoms with Crippen molar-refractivity contribution in [1.29, 1.82) is 0 Å². The Morgan fingerprint density at radius 3 is 2.44 bits per heavy atom. The van der Waals surface area contributed by atoms with E-state index in [-0.39, 0.29) is 6.10 Å². The van der Waals surface area contributed by atoms with E-state index in [0.717, 1.165) is 23.1 Å². The highest BCUT2D eigenvalue weighted by molar-refractivity contribution is 9.10. The molecule has 0 saturated heterocycles. The summed E-state index contributed by atoms with van der Waals surface area (Å²) in [4.78, 5) is 0. The third-order valence-corrected chi connectivity index (χ3v) is 3.02. The average molecular weight is 287 g/mol. The van der Waals surface area contributed by atoms with Crippen LogP contribution >= 0.6 is 15.9 Å². The van der Waals surface area contributed by atoms with Crippen molar-refractivity contribution in [2.24, 2.45) is 5.92 Å². The first-order valence-corrected chi connectivity index (χ1v) is 6.45. The van der Waals surface area contributed by atoms with E-state index in [4.69, 9.17) is 4.74 Å². The maximum atomic E-state index is 9.60. The summed E-state index contributed by atoms with van der Waals surface area (Å²) in [6, 6.07) is 7.78. The highest BCUT2D eigenvalue weighted by Gasteiger charge is 2.08. The predicted molar refractivity (Wildman–Crippen MR) is 69.7 cm³/mol. The van der Waals surface area contributed by atoms with Gasteiger partial charge in [-0.3, -0.25) is 0 Å². The van der Waals surface area contributed by atoms with Crippen LogP contribution in [-0.4, -0.2) is 17.8 Å². The molecular formula is C13H19BrO2. The molecule has 1 aromatic carbocycles. The number of halogens is 1. The fraction of sp³-hybridized carbons (Fsp3) is 0.538. The molecule has 1 unspecified atom stereocenters. The molecule has 0 heterocycles. The van der Waals surface area contributed by atoms with E-state index in [1.807, 2.05) is 38.1 Å². The molecule has 1 atom stereocenters. The molecule has 0 fully saturated rings. The molecule has 1 N–H and O–H groups in total. The van der Waals surface area contributed by atoms with Gasteiger partial charge in [0.05, 0.1) is 12.7 Å². The standard InChI is InChI=1S/C13H19BrO2/c1-10(2)13(15)4-3-9-16-12-7-5-11(14)6-8-12/h5-8,10,13,15H,3-4,9H2,1-2H3. The van der Waals surface area contributed by atoms with Crippen molar-refractivity contribution in [2.75, 3.05) is 6.61 Å². The zero-order chi connectivity index (χ0) is 12.0. The van der Waals surface area contributed by atoms with Gasteiger partial charge in [0.15, 0.2) is 0 Å². The Bertz CT molecular complexity index is 295. The summed E-state index contributed by atoms with van der Waals surface area (Å²) < 4.78 is 6.61. The van der Waals surface area contributed by atoms with Gasteiger partial charge in [0.1, 0.15) is 5.75 Å². The van der Waals surface area contributed by atoms with Crippen molar-refractivity contribution in [2.45, 2.75) is 32.8 Å². The third kappa shape index (κ3) is 4.99. The summed E-state index contributed by atoms with van der Waals surface area (Å²) in [7, 11) is 0. The topological polar surface area (TPSA) is 29.5 Å². The third-order valence-electron chi connectivity index (χ3n) is 2.50. The molecule has 0 aliphatic heterocycles. The second-order valence-corrected chi connectivity index (χ2v) is 5.17. The van der Waals surface area contributed by atoms with E-state index in [1.54, 1.807) is 0 Å². The van der Waals surface area contributed by atoms with Gasteiger partial charge in [-0.1, -0.05) is 29.8 Å². The van der Waals surface area contributed by atoms with Gasteiger partial charge in [-0.25, -0.2) is 0 Å². The molecule has 16 heavy (non-hydrogen) atoms. The lowest BCUT2D eigenvalue weighted by molar-refractivity contribution is 0.108. The molecule has 1 aromatic rings. The molecule has 0 bridgehead atoms. The van der Waals surface area contributed by atoms with Crippen LogP contribution < -0.4 is 4.74 Å². The molecule has 90 valence electrons. The zero-order valence-corrected chi connectivity index (χ0v) is 11.4. The van der Waals surface area contributed by atoms with E-state index in [2.05, 4.69) is 15.9 Å². The normalized spacial score (nSPS) is 12.8. The molecule has 0 aliphatic carbocycles. The number of ether oxygens (including phenoxy) is 1. The molecule has 0 radical (unpaired) electrons. The van der Waals surface area contributed by atoms with Crippen LogP contribution in [0.25, 0.3) is 0 Å². The lowest BCUT2D eigenvalue weighted by Crippen LogP contribution is -2.15.